The van der Waals surface area contributed by atoms with Gasteiger partial charge >= 0.3 is 0 Å². The lowest BCUT2D eigenvalue weighted by atomic mass is 10.0. The third-order valence-corrected chi connectivity index (χ3v) is 7.90. The van der Waals surface area contributed by atoms with E-state index in [9.17, 15) is 9.59 Å². The van der Waals surface area contributed by atoms with Gasteiger partial charge in [0.25, 0.3) is 0 Å². The van der Waals surface area contributed by atoms with Crippen molar-refractivity contribution in [2.45, 2.75) is 70.5 Å². The Morgan fingerprint density at radius 2 is 1.62 bits per heavy atom. The summed E-state index contributed by atoms with van der Waals surface area (Å²) >= 11 is 13.0. The molecule has 1 fully saturated rings. The molecule has 3 aromatic rings. The van der Waals surface area contributed by atoms with E-state index in [1.54, 1.807) is 23.1 Å². The Hall–Kier alpha value is -3.02. The van der Waals surface area contributed by atoms with Gasteiger partial charge in [0.2, 0.25) is 11.8 Å². The van der Waals surface area contributed by atoms with Crippen LogP contribution in [0.3, 0.4) is 0 Å². The molecule has 0 unspecified atom stereocenters. The minimum Gasteiger partial charge on any atom is -0.494 e. The first-order chi connectivity index (χ1) is 18.9. The van der Waals surface area contributed by atoms with Gasteiger partial charge in [-0.15, -0.1) is 0 Å². The van der Waals surface area contributed by atoms with Gasteiger partial charge in [0.1, 0.15) is 11.8 Å². The van der Waals surface area contributed by atoms with Gasteiger partial charge in [0.15, 0.2) is 0 Å². The molecule has 39 heavy (non-hydrogen) atoms. The summed E-state index contributed by atoms with van der Waals surface area (Å²) in [4.78, 5) is 29.2. The summed E-state index contributed by atoms with van der Waals surface area (Å²) in [5.41, 5.74) is 2.78. The molecule has 7 heteroatoms. The summed E-state index contributed by atoms with van der Waals surface area (Å²) < 4.78 is 5.85. The molecule has 0 bridgehead atoms. The van der Waals surface area contributed by atoms with Crippen LogP contribution in [0.5, 0.6) is 5.75 Å². The molecule has 5 nitrogen and oxygen atoms in total. The Labute approximate surface area is 241 Å². The highest BCUT2D eigenvalue weighted by atomic mass is 35.5. The topological polar surface area (TPSA) is 58.6 Å². The van der Waals surface area contributed by atoms with Crippen LogP contribution in [0.1, 0.15) is 55.2 Å². The number of nitrogens with zero attached hydrogens (tertiary/aromatic N) is 1. The summed E-state index contributed by atoms with van der Waals surface area (Å²) in [5, 5.41) is 4.16. The molecule has 206 valence electrons. The molecule has 0 radical (unpaired) electrons. The van der Waals surface area contributed by atoms with Crippen molar-refractivity contribution in [1.29, 1.82) is 0 Å². The van der Waals surface area contributed by atoms with Crippen molar-refractivity contribution in [2.24, 2.45) is 0 Å². The zero-order valence-electron chi connectivity index (χ0n) is 22.4. The Morgan fingerprint density at radius 3 is 2.28 bits per heavy atom. The van der Waals surface area contributed by atoms with Crippen molar-refractivity contribution in [3.05, 3.63) is 99.5 Å². The maximum Gasteiger partial charge on any atom is 0.243 e. The quantitative estimate of drug-likeness (QED) is 0.236. The van der Waals surface area contributed by atoms with Crippen molar-refractivity contribution >= 4 is 35.0 Å². The molecule has 0 aliphatic heterocycles. The van der Waals surface area contributed by atoms with Crippen molar-refractivity contribution in [3.8, 4) is 5.75 Å². The third kappa shape index (κ3) is 8.48. The Morgan fingerprint density at radius 1 is 0.949 bits per heavy atom. The van der Waals surface area contributed by atoms with Crippen LogP contribution < -0.4 is 10.1 Å². The molecular weight excluding hydrogens is 531 g/mol. The standard InChI is InChI=1S/C32H36Cl2N2O3/c1-23-16-18-26(19-17-23)39-20-8-15-31(37)36(22-27-28(33)13-7-14-29(27)34)30(21-24-9-3-2-4-10-24)32(38)35-25-11-5-6-12-25/h2-4,7,9-10,13-14,16-19,25,30H,5-6,8,11-12,15,20-22H2,1H3,(H,35,38)/t30-/m0/s1. The number of rotatable bonds is 12. The summed E-state index contributed by atoms with van der Waals surface area (Å²) in [6.45, 7) is 2.57. The average Bonchev–Trinajstić information content (AvgIpc) is 3.44. The average molecular weight is 568 g/mol. The zero-order chi connectivity index (χ0) is 27.6. The normalized spacial score (nSPS) is 14.1. The lowest BCUT2D eigenvalue weighted by Crippen LogP contribution is -2.52. The van der Waals surface area contributed by atoms with Gasteiger partial charge in [-0.3, -0.25) is 9.59 Å². The smallest absolute Gasteiger partial charge is 0.243 e. The van der Waals surface area contributed by atoms with E-state index in [1.165, 1.54) is 0 Å². The second-order valence-electron chi connectivity index (χ2n) is 10.2. The minimum absolute atomic E-state index is 0.138. The van der Waals surface area contributed by atoms with Crippen LogP contribution in [0.15, 0.2) is 72.8 Å². The summed E-state index contributed by atoms with van der Waals surface area (Å²) in [5.74, 6) is 0.491. The number of halogens is 2. The number of hydrogen-bond donors (Lipinski definition) is 1. The van der Waals surface area contributed by atoms with E-state index in [1.807, 2.05) is 61.5 Å². The number of nitrogens with one attached hydrogen (secondary N) is 1. The van der Waals surface area contributed by atoms with Crippen LogP contribution >= 0.6 is 23.2 Å². The molecule has 4 rings (SSSR count). The number of aryl methyl sites for hydroxylation is 1. The second kappa shape index (κ2) is 14.4. The highest BCUT2D eigenvalue weighted by Crippen LogP contribution is 2.28. The first-order valence-corrected chi connectivity index (χ1v) is 14.4. The fourth-order valence-electron chi connectivity index (χ4n) is 4.97. The van der Waals surface area contributed by atoms with Gasteiger partial charge in [0.05, 0.1) is 6.61 Å². The number of carbonyl (C=O) groups excluding carboxylic acids is 2. The Bertz CT molecular complexity index is 1210. The first kappa shape index (κ1) is 29.0. The molecular formula is C32H36Cl2N2O3. The molecule has 0 saturated heterocycles. The zero-order valence-corrected chi connectivity index (χ0v) is 23.9. The van der Waals surface area contributed by atoms with Crippen LogP contribution in [0.2, 0.25) is 10.0 Å². The number of ether oxygens (including phenoxy) is 1. The molecule has 1 aliphatic carbocycles. The second-order valence-corrected chi connectivity index (χ2v) is 11.0. The molecule has 1 atom stereocenters. The highest BCUT2D eigenvalue weighted by Gasteiger charge is 2.32. The lowest BCUT2D eigenvalue weighted by molar-refractivity contribution is -0.141. The largest absolute Gasteiger partial charge is 0.494 e. The van der Waals surface area contributed by atoms with Crippen molar-refractivity contribution in [2.75, 3.05) is 6.61 Å². The number of benzene rings is 3. The summed E-state index contributed by atoms with van der Waals surface area (Å²) in [6.07, 6.45) is 5.28. The molecule has 1 saturated carbocycles. The van der Waals surface area contributed by atoms with Gasteiger partial charge in [-0.2, -0.15) is 0 Å². The molecule has 1 N–H and O–H groups in total. The van der Waals surface area contributed by atoms with Gasteiger partial charge in [-0.25, -0.2) is 0 Å². The molecule has 1 aliphatic rings. The fourth-order valence-corrected chi connectivity index (χ4v) is 5.48. The van der Waals surface area contributed by atoms with Crippen LogP contribution in [0.25, 0.3) is 0 Å². The van der Waals surface area contributed by atoms with Gasteiger partial charge < -0.3 is 15.0 Å². The molecule has 0 heterocycles. The van der Waals surface area contributed by atoms with E-state index >= 15 is 0 Å². The van der Waals surface area contributed by atoms with Crippen molar-refractivity contribution < 1.29 is 14.3 Å². The van der Waals surface area contributed by atoms with E-state index < -0.39 is 6.04 Å². The maximum atomic E-state index is 13.8. The molecule has 0 spiro atoms. The lowest BCUT2D eigenvalue weighted by Gasteiger charge is -2.33. The van der Waals surface area contributed by atoms with E-state index in [-0.39, 0.29) is 30.8 Å². The number of hydrogen-bond acceptors (Lipinski definition) is 3. The molecule has 3 aromatic carbocycles. The predicted octanol–water partition coefficient (Wildman–Crippen LogP) is 7.16. The van der Waals surface area contributed by atoms with E-state index in [2.05, 4.69) is 5.32 Å². The maximum absolute atomic E-state index is 13.8. The van der Waals surface area contributed by atoms with E-state index in [4.69, 9.17) is 27.9 Å². The SMILES string of the molecule is Cc1ccc(OCCCC(=O)N(Cc2c(Cl)cccc2Cl)[C@@H](Cc2ccccc2)C(=O)NC2CCCC2)cc1. The van der Waals surface area contributed by atoms with E-state index in [0.29, 0.717) is 35.1 Å². The number of amides is 2. The third-order valence-electron chi connectivity index (χ3n) is 7.19. The van der Waals surface area contributed by atoms with Crippen LogP contribution in [0.4, 0.5) is 0 Å². The van der Waals surface area contributed by atoms with E-state index in [0.717, 1.165) is 42.6 Å². The molecule has 2 amide bonds. The number of carbonyl (C=O) groups is 2. The van der Waals surface area contributed by atoms with Crippen LogP contribution in [0, 0.1) is 6.92 Å². The minimum atomic E-state index is -0.703. The van der Waals surface area contributed by atoms with Crippen LogP contribution in [-0.4, -0.2) is 35.4 Å². The summed E-state index contributed by atoms with van der Waals surface area (Å²) in [7, 11) is 0. The van der Waals surface area contributed by atoms with Gasteiger partial charge in [-0.05, 0) is 56.0 Å². The highest BCUT2D eigenvalue weighted by molar-refractivity contribution is 6.36. The fraction of sp³-hybridized carbons (Fsp3) is 0.375. The molecule has 0 aromatic heterocycles. The monoisotopic (exact) mass is 566 g/mol. The predicted molar refractivity (Wildman–Crippen MR) is 157 cm³/mol. The first-order valence-electron chi connectivity index (χ1n) is 13.7. The van der Waals surface area contributed by atoms with Crippen molar-refractivity contribution in [3.63, 3.8) is 0 Å². The van der Waals surface area contributed by atoms with Gasteiger partial charge in [-0.1, -0.05) is 90.1 Å². The van der Waals surface area contributed by atoms with Crippen LogP contribution in [-0.2, 0) is 22.6 Å². The van der Waals surface area contributed by atoms with Gasteiger partial charge in [0, 0.05) is 41.0 Å². The Balaban J connectivity index is 1.55. The summed E-state index contributed by atoms with van der Waals surface area (Å²) in [6, 6.07) is 22.4. The van der Waals surface area contributed by atoms with Crippen molar-refractivity contribution in [1.82, 2.24) is 10.2 Å². The Kier molecular flexibility index (Phi) is 10.7.